The molecule has 2 atom stereocenters. The Bertz CT molecular complexity index is 1180. The van der Waals surface area contributed by atoms with E-state index in [0.717, 1.165) is 5.56 Å². The molecule has 0 aromatic heterocycles. The summed E-state index contributed by atoms with van der Waals surface area (Å²) in [7, 11) is 0. The third-order valence-electron chi connectivity index (χ3n) is 5.77. The molecule has 2 aromatic rings. The predicted molar refractivity (Wildman–Crippen MR) is 152 cm³/mol. The van der Waals surface area contributed by atoms with Gasteiger partial charge in [0.1, 0.15) is 29.3 Å². The van der Waals surface area contributed by atoms with Gasteiger partial charge in [0.05, 0.1) is 6.54 Å². The number of alkyl carbamates (subject to hydrolysis) is 1. The molecule has 0 aliphatic carbocycles. The highest BCUT2D eigenvalue weighted by Gasteiger charge is 2.35. The first kappa shape index (κ1) is 32.2. The second kappa shape index (κ2) is 16.8. The Morgan fingerprint density at radius 2 is 1.61 bits per heavy atom. The number of nitrogens with one attached hydrogen (secondary N) is 5. The van der Waals surface area contributed by atoms with Crippen molar-refractivity contribution in [2.24, 2.45) is 11.7 Å². The molecule has 0 aliphatic rings. The maximum Gasteiger partial charge on any atom is 0.494 e. The van der Waals surface area contributed by atoms with Gasteiger partial charge in [-0.15, -0.1) is 0 Å². The highest BCUT2D eigenvalue weighted by Crippen LogP contribution is 2.14. The van der Waals surface area contributed by atoms with Crippen LogP contribution in [-0.4, -0.2) is 54.9 Å². The average molecular weight is 569 g/mol. The van der Waals surface area contributed by atoms with Crippen LogP contribution in [-0.2, 0) is 25.7 Å². The fraction of sp³-hybridized carbons (Fsp3) is 0.370. The minimum absolute atomic E-state index is 0.0223. The van der Waals surface area contributed by atoms with Gasteiger partial charge in [0.25, 0.3) is 0 Å². The lowest BCUT2D eigenvalue weighted by atomic mass is 10.0. The number of nitrogens with two attached hydrogens (primary N) is 1. The number of para-hydroxylation sites is 1. The summed E-state index contributed by atoms with van der Waals surface area (Å²) in [6.45, 7) is 3.20. The molecule has 0 aliphatic heterocycles. The van der Waals surface area contributed by atoms with Gasteiger partial charge in [-0.2, -0.15) is 0 Å². The summed E-state index contributed by atoms with van der Waals surface area (Å²) in [5.41, 5.74) is 6.27. The van der Waals surface area contributed by atoms with E-state index in [1.165, 1.54) is 12.1 Å². The summed E-state index contributed by atoms with van der Waals surface area (Å²) >= 11 is 0. The molecule has 14 nitrogen and oxygen atoms in total. The van der Waals surface area contributed by atoms with Gasteiger partial charge in [0, 0.05) is 11.6 Å². The fourth-order valence-electron chi connectivity index (χ4n) is 3.67. The normalized spacial score (nSPS) is 11.9. The van der Waals surface area contributed by atoms with Gasteiger partial charge in [-0.25, -0.2) is 4.79 Å². The number of carbonyl (C=O) groups is 4. The number of hydrogen-bond donors (Lipinski definition) is 6. The van der Waals surface area contributed by atoms with Crippen molar-refractivity contribution in [2.75, 3.05) is 18.1 Å². The molecular weight excluding hydrogens is 532 g/mol. The first-order valence-electron chi connectivity index (χ1n) is 13.0. The van der Waals surface area contributed by atoms with E-state index in [1.807, 2.05) is 18.2 Å². The Balaban J connectivity index is 1.98. The minimum atomic E-state index is -1.17. The summed E-state index contributed by atoms with van der Waals surface area (Å²) < 4.78 is 5.18. The average Bonchev–Trinajstić information content (AvgIpc) is 2.96. The summed E-state index contributed by atoms with van der Waals surface area (Å²) in [6, 6.07) is 14.8. The molecule has 2 aromatic carbocycles. The van der Waals surface area contributed by atoms with Crippen molar-refractivity contribution < 1.29 is 23.9 Å². The van der Waals surface area contributed by atoms with Gasteiger partial charge < -0.3 is 31.7 Å². The number of benzene rings is 2. The summed E-state index contributed by atoms with van der Waals surface area (Å²) in [6.07, 6.45) is -0.394. The Hall–Kier alpha value is -5.01. The maximum absolute atomic E-state index is 13.1. The van der Waals surface area contributed by atoms with E-state index < -0.39 is 42.4 Å². The SMILES string of the molecule is CC(C)[C@H](NC(=O)OCc1ccccc1)C(=O)NCC(=O)N[C@@H](CCCNC(=N)N)C(=O)N([N+]=O)c1ccccc1. The summed E-state index contributed by atoms with van der Waals surface area (Å²) in [5, 5.41) is 20.8. The summed E-state index contributed by atoms with van der Waals surface area (Å²) in [4.78, 5) is 62.5. The van der Waals surface area contributed by atoms with Crippen LogP contribution in [0.25, 0.3) is 0 Å². The van der Waals surface area contributed by atoms with Crippen molar-refractivity contribution >= 4 is 35.5 Å². The van der Waals surface area contributed by atoms with Crippen molar-refractivity contribution in [3.05, 3.63) is 71.1 Å². The number of carbonyl (C=O) groups excluding carboxylic acids is 4. The zero-order valence-electron chi connectivity index (χ0n) is 23.0. The number of guanidine groups is 1. The minimum Gasteiger partial charge on any atom is -0.445 e. The second-order valence-electron chi connectivity index (χ2n) is 9.32. The molecule has 0 spiro atoms. The molecule has 0 saturated carbocycles. The molecule has 0 bridgehead atoms. The third-order valence-corrected chi connectivity index (χ3v) is 5.77. The number of nitroso groups, excluding NO2 is 1. The van der Waals surface area contributed by atoms with E-state index in [2.05, 4.69) is 26.6 Å². The molecule has 0 saturated heterocycles. The van der Waals surface area contributed by atoms with E-state index in [0.29, 0.717) is 11.4 Å². The number of nitrogens with zero attached hydrogens (tertiary/aromatic N) is 2. The van der Waals surface area contributed by atoms with Crippen molar-refractivity contribution in [3.8, 4) is 0 Å². The molecule has 0 unspecified atom stereocenters. The van der Waals surface area contributed by atoms with E-state index in [4.69, 9.17) is 15.9 Å². The molecule has 2 rings (SSSR count). The summed E-state index contributed by atoms with van der Waals surface area (Å²) in [5.74, 6) is -2.69. The van der Waals surface area contributed by atoms with Gasteiger partial charge in [-0.3, -0.25) is 19.8 Å². The number of rotatable bonds is 15. The Morgan fingerprint density at radius 3 is 2.20 bits per heavy atom. The number of hydrogen-bond acceptors (Lipinski definition) is 8. The Labute approximate surface area is 237 Å². The van der Waals surface area contributed by atoms with E-state index in [1.54, 1.807) is 44.2 Å². The molecule has 7 N–H and O–H groups in total. The lowest BCUT2D eigenvalue weighted by molar-refractivity contribution is -0.130. The lowest BCUT2D eigenvalue weighted by Gasteiger charge is -2.22. The van der Waals surface area contributed by atoms with Gasteiger partial charge in [0.2, 0.25) is 11.8 Å². The first-order chi connectivity index (χ1) is 19.6. The second-order valence-corrected chi connectivity index (χ2v) is 9.32. The Morgan fingerprint density at radius 1 is 0.976 bits per heavy atom. The standard InChI is InChI=1S/C27H36N8O6/c1-18(2)23(33-27(39)41-17-19-10-5-3-6-11-19)24(37)31-16-22(36)32-21(14-9-15-30-26(28)29)25(38)35(34-40)20-12-7-4-8-13-20/h3-8,10-13,18,21,23H,9,14-17H2,1-2H3,(H,31,37)(H,32,36)(H,33,39)(H4,28,29,30)/q+1/t21-,23-/m0/s1. The van der Waals surface area contributed by atoms with Crippen LogP contribution >= 0.6 is 0 Å². The van der Waals surface area contributed by atoms with Crippen molar-refractivity contribution in [3.63, 3.8) is 0 Å². The van der Waals surface area contributed by atoms with Crippen LogP contribution in [0.3, 0.4) is 0 Å². The first-order valence-corrected chi connectivity index (χ1v) is 13.0. The van der Waals surface area contributed by atoms with Gasteiger partial charge >= 0.3 is 17.3 Å². The van der Waals surface area contributed by atoms with Crippen LogP contribution in [0.1, 0.15) is 32.3 Å². The van der Waals surface area contributed by atoms with Crippen molar-refractivity contribution in [1.82, 2.24) is 26.6 Å². The van der Waals surface area contributed by atoms with Gasteiger partial charge in [-0.05, 0) is 36.5 Å². The van der Waals surface area contributed by atoms with Crippen LogP contribution in [0.4, 0.5) is 10.5 Å². The fourth-order valence-corrected chi connectivity index (χ4v) is 3.67. The van der Waals surface area contributed by atoms with Crippen LogP contribution < -0.4 is 37.3 Å². The van der Waals surface area contributed by atoms with Crippen molar-refractivity contribution in [1.29, 1.82) is 5.41 Å². The van der Waals surface area contributed by atoms with Gasteiger partial charge in [0.15, 0.2) is 5.96 Å². The lowest BCUT2D eigenvalue weighted by Crippen LogP contribution is -2.54. The number of amides is 4. The smallest absolute Gasteiger partial charge is 0.445 e. The van der Waals surface area contributed by atoms with Crippen LogP contribution in [0.2, 0.25) is 0 Å². The quantitative estimate of drug-likeness (QED) is 0.0783. The van der Waals surface area contributed by atoms with Crippen LogP contribution in [0.15, 0.2) is 60.7 Å². The van der Waals surface area contributed by atoms with Crippen LogP contribution in [0, 0.1) is 16.2 Å². The molecule has 4 amide bonds. The van der Waals surface area contributed by atoms with Gasteiger partial charge in [-0.1, -0.05) is 62.4 Å². The predicted octanol–water partition coefficient (Wildman–Crippen LogP) is 0.852. The molecule has 41 heavy (non-hydrogen) atoms. The van der Waals surface area contributed by atoms with E-state index in [9.17, 15) is 24.1 Å². The number of anilines is 1. The topological polar surface area (TPSA) is 210 Å². The third kappa shape index (κ3) is 11.3. The molecule has 14 heteroatoms. The largest absolute Gasteiger partial charge is 0.494 e. The van der Waals surface area contributed by atoms with E-state index >= 15 is 0 Å². The number of ether oxygens (including phenoxy) is 1. The zero-order valence-corrected chi connectivity index (χ0v) is 23.0. The molecule has 0 fully saturated rings. The van der Waals surface area contributed by atoms with Crippen LogP contribution in [0.5, 0.6) is 0 Å². The zero-order chi connectivity index (χ0) is 30.2. The monoisotopic (exact) mass is 568 g/mol. The Kier molecular flexibility index (Phi) is 13.2. The van der Waals surface area contributed by atoms with E-state index in [-0.39, 0.29) is 37.1 Å². The maximum atomic E-state index is 13.1. The molecule has 0 heterocycles. The highest BCUT2D eigenvalue weighted by atomic mass is 16.5. The highest BCUT2D eigenvalue weighted by molar-refractivity contribution is 5.99. The molecule has 1 radical (unpaired) electrons. The molecular formula is C27H36N8O6+. The van der Waals surface area contributed by atoms with Crippen molar-refractivity contribution in [2.45, 2.75) is 45.4 Å². The molecule has 219 valence electrons.